The molecule has 0 radical (unpaired) electrons. The Morgan fingerprint density at radius 2 is 1.71 bits per heavy atom. The molecule has 0 bridgehead atoms. The molecule has 7 heteroatoms. The second-order valence-corrected chi connectivity index (χ2v) is 8.18. The van der Waals surface area contributed by atoms with Crippen molar-refractivity contribution in [3.8, 4) is 5.75 Å². The van der Waals surface area contributed by atoms with E-state index in [0.29, 0.717) is 36.0 Å². The first kappa shape index (κ1) is 22.9. The van der Waals surface area contributed by atoms with Gasteiger partial charge in [0.05, 0.1) is 5.02 Å². The Kier molecular flexibility index (Phi) is 7.44. The molecule has 3 rings (SSSR count). The fourth-order valence-corrected chi connectivity index (χ4v) is 3.53. The van der Waals surface area contributed by atoms with Crippen LogP contribution in [0.5, 0.6) is 5.75 Å². The Morgan fingerprint density at radius 3 is 2.35 bits per heavy atom. The molecule has 0 amide bonds. The number of aromatic nitrogens is 2. The molecule has 0 spiro atoms. The lowest BCUT2D eigenvalue weighted by Crippen LogP contribution is -2.27. The van der Waals surface area contributed by atoms with Gasteiger partial charge in [-0.1, -0.05) is 48.9 Å². The average Bonchev–Trinajstić information content (AvgIpc) is 2.72. The van der Waals surface area contributed by atoms with Crippen molar-refractivity contribution < 1.29 is 13.9 Å². The molecule has 0 unspecified atom stereocenters. The van der Waals surface area contributed by atoms with Crippen LogP contribution < -0.4 is 4.90 Å². The van der Waals surface area contributed by atoms with Gasteiger partial charge in [-0.25, -0.2) is 18.7 Å². The van der Waals surface area contributed by atoms with E-state index in [1.165, 1.54) is 0 Å². The van der Waals surface area contributed by atoms with E-state index in [2.05, 4.69) is 9.97 Å². The fraction of sp³-hybridized carbons (Fsp3) is 0.333. The van der Waals surface area contributed by atoms with Gasteiger partial charge >= 0.3 is 0 Å². The van der Waals surface area contributed by atoms with Crippen molar-refractivity contribution in [3.63, 3.8) is 0 Å². The number of phenols is 1. The van der Waals surface area contributed by atoms with Crippen molar-refractivity contribution in [1.82, 2.24) is 9.97 Å². The Morgan fingerprint density at radius 1 is 1.00 bits per heavy atom. The van der Waals surface area contributed by atoms with Gasteiger partial charge in [0.25, 0.3) is 0 Å². The van der Waals surface area contributed by atoms with Gasteiger partial charge in [-0.15, -0.1) is 0 Å². The predicted octanol–water partition coefficient (Wildman–Crippen LogP) is 5.85. The summed E-state index contributed by atoms with van der Waals surface area (Å²) in [6.45, 7) is 4.05. The lowest BCUT2D eigenvalue weighted by molar-refractivity contribution is 0.0226. The number of anilines is 1. The molecular formula is C24H26ClF2N3O. The Labute approximate surface area is 186 Å². The van der Waals surface area contributed by atoms with Gasteiger partial charge in [0.2, 0.25) is 11.9 Å². The number of hydrogen-bond acceptors (Lipinski definition) is 4. The predicted molar refractivity (Wildman–Crippen MR) is 120 cm³/mol. The summed E-state index contributed by atoms with van der Waals surface area (Å²) in [5.41, 5.74) is 3.52. The zero-order valence-electron chi connectivity index (χ0n) is 17.7. The smallest absolute Gasteiger partial charge is 0.249 e. The summed E-state index contributed by atoms with van der Waals surface area (Å²) in [6.07, 6.45) is 4.82. The van der Waals surface area contributed by atoms with E-state index in [1.54, 1.807) is 36.7 Å². The third-order valence-corrected chi connectivity index (χ3v) is 5.25. The number of hydrogen-bond donors (Lipinski definition) is 1. The Bertz CT molecular complexity index is 1010. The van der Waals surface area contributed by atoms with Crippen LogP contribution in [0.25, 0.3) is 0 Å². The van der Waals surface area contributed by atoms with Crippen LogP contribution in [0.3, 0.4) is 0 Å². The monoisotopic (exact) mass is 445 g/mol. The van der Waals surface area contributed by atoms with Crippen molar-refractivity contribution in [2.75, 3.05) is 11.4 Å². The topological polar surface area (TPSA) is 49.2 Å². The first-order chi connectivity index (χ1) is 14.7. The highest BCUT2D eigenvalue weighted by Crippen LogP contribution is 2.25. The molecule has 1 N–H and O–H groups in total. The van der Waals surface area contributed by atoms with Crippen molar-refractivity contribution >= 4 is 17.5 Å². The van der Waals surface area contributed by atoms with Gasteiger partial charge in [0.1, 0.15) is 5.75 Å². The lowest BCUT2D eigenvalue weighted by Gasteiger charge is -2.23. The second kappa shape index (κ2) is 10.1. The highest BCUT2D eigenvalue weighted by atomic mass is 35.5. The summed E-state index contributed by atoms with van der Waals surface area (Å²) in [7, 11) is 0. The maximum absolute atomic E-state index is 13.4. The standard InChI is InChI=1S/C24H26ClF2N3O/c1-3-17-14-28-23(29-15-17)30(10-9-18-7-8-22(31)21(25)12-18)16-20-6-4-5-19(11-20)13-24(2,26)27/h4-8,11-12,14-15,31H,3,9-10,13,16H2,1-2H3. The fourth-order valence-electron chi connectivity index (χ4n) is 3.33. The van der Waals surface area contributed by atoms with Crippen LogP contribution >= 0.6 is 11.6 Å². The van der Waals surface area contributed by atoms with Crippen molar-refractivity contribution in [1.29, 1.82) is 0 Å². The second-order valence-electron chi connectivity index (χ2n) is 7.77. The van der Waals surface area contributed by atoms with Crippen LogP contribution in [0, 0.1) is 0 Å². The van der Waals surface area contributed by atoms with Crippen molar-refractivity contribution in [3.05, 3.63) is 82.1 Å². The van der Waals surface area contributed by atoms with Gasteiger partial charge in [0.15, 0.2) is 0 Å². The molecule has 0 aliphatic rings. The molecule has 2 aromatic carbocycles. The summed E-state index contributed by atoms with van der Waals surface area (Å²) < 4.78 is 26.9. The van der Waals surface area contributed by atoms with Crippen LogP contribution in [0.2, 0.25) is 5.02 Å². The van der Waals surface area contributed by atoms with E-state index >= 15 is 0 Å². The molecule has 0 saturated carbocycles. The van der Waals surface area contributed by atoms with E-state index in [1.807, 2.05) is 30.0 Å². The Hall–Kier alpha value is -2.73. The largest absolute Gasteiger partial charge is 0.506 e. The molecular weight excluding hydrogens is 420 g/mol. The molecule has 0 atom stereocenters. The quantitative estimate of drug-likeness (QED) is 0.449. The number of halogens is 3. The van der Waals surface area contributed by atoms with Gasteiger partial charge < -0.3 is 10.0 Å². The van der Waals surface area contributed by atoms with E-state index in [-0.39, 0.29) is 12.2 Å². The summed E-state index contributed by atoms with van der Waals surface area (Å²) >= 11 is 6.03. The number of nitrogens with zero attached hydrogens (tertiary/aromatic N) is 3. The van der Waals surface area contributed by atoms with Crippen LogP contribution in [-0.2, 0) is 25.8 Å². The third-order valence-electron chi connectivity index (χ3n) is 4.94. The van der Waals surface area contributed by atoms with Crippen LogP contribution in [0.4, 0.5) is 14.7 Å². The molecule has 1 aromatic heterocycles. The summed E-state index contributed by atoms with van der Waals surface area (Å²) in [5, 5.41) is 9.94. The summed E-state index contributed by atoms with van der Waals surface area (Å²) in [4.78, 5) is 11.0. The minimum Gasteiger partial charge on any atom is -0.506 e. The van der Waals surface area contributed by atoms with Crippen LogP contribution in [0.15, 0.2) is 54.9 Å². The minimum atomic E-state index is -2.75. The maximum atomic E-state index is 13.4. The molecule has 31 heavy (non-hydrogen) atoms. The van der Waals surface area contributed by atoms with E-state index < -0.39 is 5.92 Å². The maximum Gasteiger partial charge on any atom is 0.249 e. The lowest BCUT2D eigenvalue weighted by atomic mass is 10.0. The zero-order valence-corrected chi connectivity index (χ0v) is 18.4. The molecule has 164 valence electrons. The minimum absolute atomic E-state index is 0.0466. The first-order valence-corrected chi connectivity index (χ1v) is 10.6. The normalized spacial score (nSPS) is 11.5. The van der Waals surface area contributed by atoms with Gasteiger partial charge in [0, 0.05) is 31.9 Å². The number of phenolic OH excluding ortho intramolecular Hbond substituents is 1. The highest BCUT2D eigenvalue weighted by Gasteiger charge is 2.21. The SMILES string of the molecule is CCc1cnc(N(CCc2ccc(O)c(Cl)c2)Cc2cccc(CC(C)(F)F)c2)nc1. The zero-order chi connectivity index (χ0) is 22.4. The molecule has 3 aromatic rings. The van der Waals surface area contributed by atoms with Crippen LogP contribution in [-0.4, -0.2) is 27.5 Å². The van der Waals surface area contributed by atoms with Crippen molar-refractivity contribution in [2.45, 2.75) is 45.6 Å². The van der Waals surface area contributed by atoms with Crippen LogP contribution in [0.1, 0.15) is 36.1 Å². The Balaban J connectivity index is 1.81. The average molecular weight is 446 g/mol. The number of benzene rings is 2. The van der Waals surface area contributed by atoms with E-state index in [0.717, 1.165) is 30.0 Å². The molecule has 0 saturated heterocycles. The van der Waals surface area contributed by atoms with Crippen molar-refractivity contribution in [2.24, 2.45) is 0 Å². The number of aryl methyl sites for hydroxylation is 1. The van der Waals surface area contributed by atoms with Gasteiger partial charge in [-0.05, 0) is 54.2 Å². The number of alkyl halides is 2. The molecule has 0 fully saturated rings. The molecule has 4 nitrogen and oxygen atoms in total. The first-order valence-electron chi connectivity index (χ1n) is 10.2. The molecule has 0 aliphatic carbocycles. The summed E-state index contributed by atoms with van der Waals surface area (Å²) in [5.74, 6) is -2.13. The van der Waals surface area contributed by atoms with Gasteiger partial charge in [-0.3, -0.25) is 0 Å². The number of rotatable bonds is 9. The third kappa shape index (κ3) is 6.89. The van der Waals surface area contributed by atoms with E-state index in [9.17, 15) is 13.9 Å². The number of aromatic hydroxyl groups is 1. The van der Waals surface area contributed by atoms with Gasteiger partial charge in [-0.2, -0.15) is 0 Å². The highest BCUT2D eigenvalue weighted by molar-refractivity contribution is 6.32. The molecule has 1 heterocycles. The molecule has 0 aliphatic heterocycles. The summed E-state index contributed by atoms with van der Waals surface area (Å²) in [6, 6.07) is 12.4. The van der Waals surface area contributed by atoms with E-state index in [4.69, 9.17) is 11.6 Å².